The van der Waals surface area contributed by atoms with Crippen molar-refractivity contribution in [3.63, 3.8) is 0 Å². The maximum Gasteiger partial charge on any atom is 0.312 e. The Balaban J connectivity index is 1.63. The van der Waals surface area contributed by atoms with Crippen molar-refractivity contribution in [1.82, 2.24) is 10.2 Å². The third-order valence-electron chi connectivity index (χ3n) is 4.94. The fourth-order valence-corrected chi connectivity index (χ4v) is 3.15. The van der Waals surface area contributed by atoms with Gasteiger partial charge in [-0.3, -0.25) is 9.59 Å². The maximum atomic E-state index is 12.7. The maximum absolute atomic E-state index is 12.7. The van der Waals surface area contributed by atoms with E-state index < -0.39 is 12.1 Å². The van der Waals surface area contributed by atoms with Crippen LogP contribution in [0.1, 0.15) is 18.0 Å². The monoisotopic (exact) mass is 476 g/mol. The second-order valence-electron chi connectivity index (χ2n) is 7.90. The number of primary amides is 1. The van der Waals surface area contributed by atoms with Gasteiger partial charge in [0.1, 0.15) is 17.2 Å². The van der Waals surface area contributed by atoms with Gasteiger partial charge in [-0.25, -0.2) is 4.79 Å². The molecule has 0 aliphatic carbocycles. The number of carbonyl (C=O) groups excluding carboxylic acids is 3. The van der Waals surface area contributed by atoms with Gasteiger partial charge in [-0.2, -0.15) is 0 Å². The summed E-state index contributed by atoms with van der Waals surface area (Å²) in [4.78, 5) is 37.4. The van der Waals surface area contributed by atoms with Crippen LogP contribution in [0.5, 0.6) is 17.2 Å². The number of nitrogens with one attached hydrogen (secondary N) is 2. The molecular formula is C26H28N4O5. The molecule has 182 valence electrons. The average molecular weight is 477 g/mol. The number of amides is 4. The molecule has 0 bridgehead atoms. The standard InChI is InChI=1S/C26H28N4O5/c1-30(2)25(32)17-34-20-13-11-19(12-14-20)28-24(31)16-23(29-26(27)33)18-7-6-10-22(15-18)35-21-8-4-3-5-9-21/h3-15,23H,16-17H2,1-2H3,(H,28,31)(H3,27,29,33). The molecule has 0 radical (unpaired) electrons. The number of ether oxygens (including phenoxy) is 2. The zero-order valence-corrected chi connectivity index (χ0v) is 19.6. The summed E-state index contributed by atoms with van der Waals surface area (Å²) in [7, 11) is 3.30. The Morgan fingerprint density at radius 2 is 1.57 bits per heavy atom. The van der Waals surface area contributed by atoms with Crippen LogP contribution < -0.4 is 25.8 Å². The van der Waals surface area contributed by atoms with Gasteiger partial charge in [0.2, 0.25) is 5.91 Å². The van der Waals surface area contributed by atoms with Gasteiger partial charge in [-0.05, 0) is 54.1 Å². The van der Waals surface area contributed by atoms with Crippen molar-refractivity contribution in [3.8, 4) is 17.2 Å². The van der Waals surface area contributed by atoms with E-state index in [2.05, 4.69) is 10.6 Å². The van der Waals surface area contributed by atoms with Gasteiger partial charge in [0, 0.05) is 19.8 Å². The minimum atomic E-state index is -0.744. The Labute approximate surface area is 203 Å². The highest BCUT2D eigenvalue weighted by Gasteiger charge is 2.18. The summed E-state index contributed by atoms with van der Waals surface area (Å²) in [6, 6.07) is 21.6. The SMILES string of the molecule is CN(C)C(=O)COc1ccc(NC(=O)CC(NC(N)=O)c2cccc(Oc3ccccc3)c2)cc1. The van der Waals surface area contributed by atoms with Crippen LogP contribution in [-0.2, 0) is 9.59 Å². The van der Waals surface area contributed by atoms with Crippen LogP contribution in [-0.4, -0.2) is 43.4 Å². The van der Waals surface area contributed by atoms with Gasteiger partial charge in [0.15, 0.2) is 6.61 Å². The predicted molar refractivity (Wildman–Crippen MR) is 132 cm³/mol. The smallest absolute Gasteiger partial charge is 0.312 e. The molecule has 3 aromatic carbocycles. The molecule has 1 unspecified atom stereocenters. The number of carbonyl (C=O) groups is 3. The first-order valence-electron chi connectivity index (χ1n) is 10.9. The first-order chi connectivity index (χ1) is 16.8. The summed E-state index contributed by atoms with van der Waals surface area (Å²) in [6.07, 6.45) is -0.0483. The molecule has 0 fully saturated rings. The number of hydrogen-bond acceptors (Lipinski definition) is 5. The molecule has 3 rings (SSSR count). The summed E-state index contributed by atoms with van der Waals surface area (Å²) in [5, 5.41) is 5.40. The largest absolute Gasteiger partial charge is 0.484 e. The molecule has 0 aromatic heterocycles. The third kappa shape index (κ3) is 8.08. The molecule has 4 amide bonds. The van der Waals surface area contributed by atoms with E-state index in [1.54, 1.807) is 62.6 Å². The highest BCUT2D eigenvalue weighted by molar-refractivity contribution is 5.91. The van der Waals surface area contributed by atoms with Crippen LogP contribution in [0, 0.1) is 0 Å². The van der Waals surface area contributed by atoms with E-state index in [-0.39, 0.29) is 24.8 Å². The van der Waals surface area contributed by atoms with E-state index >= 15 is 0 Å². The Morgan fingerprint density at radius 3 is 2.23 bits per heavy atom. The quantitative estimate of drug-likeness (QED) is 0.412. The Hall–Kier alpha value is -4.53. The van der Waals surface area contributed by atoms with E-state index in [1.165, 1.54) is 4.90 Å². The number of benzene rings is 3. The van der Waals surface area contributed by atoms with Gasteiger partial charge in [0.25, 0.3) is 5.91 Å². The van der Waals surface area contributed by atoms with Crippen LogP contribution in [0.4, 0.5) is 10.5 Å². The molecule has 0 saturated heterocycles. The normalized spacial score (nSPS) is 11.1. The van der Waals surface area contributed by atoms with Crippen molar-refractivity contribution in [2.45, 2.75) is 12.5 Å². The van der Waals surface area contributed by atoms with Crippen molar-refractivity contribution >= 4 is 23.5 Å². The van der Waals surface area contributed by atoms with Crippen LogP contribution in [0.25, 0.3) is 0 Å². The number of anilines is 1. The van der Waals surface area contributed by atoms with Crippen LogP contribution in [0.15, 0.2) is 78.9 Å². The number of nitrogens with zero attached hydrogens (tertiary/aromatic N) is 1. The average Bonchev–Trinajstić information content (AvgIpc) is 2.83. The number of likely N-dealkylation sites (N-methyl/N-ethyl adjacent to an activating group) is 1. The predicted octanol–water partition coefficient (Wildman–Crippen LogP) is 3.68. The third-order valence-corrected chi connectivity index (χ3v) is 4.94. The lowest BCUT2D eigenvalue weighted by molar-refractivity contribution is -0.130. The number of urea groups is 1. The molecule has 0 heterocycles. The first kappa shape index (κ1) is 25.1. The molecule has 35 heavy (non-hydrogen) atoms. The van der Waals surface area contributed by atoms with Crippen LogP contribution in [0.3, 0.4) is 0 Å². The summed E-state index contributed by atoms with van der Waals surface area (Å²) in [5.74, 6) is 1.25. The fraction of sp³-hybridized carbons (Fsp3) is 0.192. The molecule has 3 aromatic rings. The highest BCUT2D eigenvalue weighted by atomic mass is 16.5. The number of rotatable bonds is 10. The Bertz CT molecular complexity index is 1150. The fourth-order valence-electron chi connectivity index (χ4n) is 3.15. The molecule has 0 saturated carbocycles. The summed E-state index contributed by atoms with van der Waals surface area (Å²) >= 11 is 0. The second-order valence-corrected chi connectivity index (χ2v) is 7.90. The first-order valence-corrected chi connectivity index (χ1v) is 10.9. The molecule has 0 aliphatic rings. The van der Waals surface area contributed by atoms with Gasteiger partial charge in [-0.15, -0.1) is 0 Å². The summed E-state index contributed by atoms with van der Waals surface area (Å²) in [5.41, 5.74) is 6.56. The zero-order valence-electron chi connectivity index (χ0n) is 19.6. The minimum absolute atomic E-state index is 0.0483. The Kier molecular flexibility index (Phi) is 8.66. The lowest BCUT2D eigenvalue weighted by atomic mass is 10.0. The van der Waals surface area contributed by atoms with Crippen LogP contribution in [0.2, 0.25) is 0 Å². The Morgan fingerprint density at radius 1 is 0.886 bits per heavy atom. The van der Waals surface area contributed by atoms with Crippen molar-refractivity contribution < 1.29 is 23.9 Å². The molecule has 9 heteroatoms. The number of hydrogen-bond donors (Lipinski definition) is 3. The van der Waals surface area contributed by atoms with Crippen molar-refractivity contribution in [2.24, 2.45) is 5.73 Å². The van der Waals surface area contributed by atoms with E-state index in [4.69, 9.17) is 15.2 Å². The van der Waals surface area contributed by atoms with Crippen molar-refractivity contribution in [2.75, 3.05) is 26.0 Å². The van der Waals surface area contributed by atoms with Crippen LogP contribution >= 0.6 is 0 Å². The topological polar surface area (TPSA) is 123 Å². The molecule has 9 nitrogen and oxygen atoms in total. The van der Waals surface area contributed by atoms with Gasteiger partial charge < -0.3 is 30.7 Å². The van der Waals surface area contributed by atoms with E-state index in [0.29, 0.717) is 28.5 Å². The molecular weight excluding hydrogens is 448 g/mol. The zero-order chi connectivity index (χ0) is 25.2. The van der Waals surface area contributed by atoms with Gasteiger partial charge >= 0.3 is 6.03 Å². The molecule has 0 spiro atoms. The van der Waals surface area contributed by atoms with E-state index in [9.17, 15) is 14.4 Å². The summed E-state index contributed by atoms with van der Waals surface area (Å²) < 4.78 is 11.3. The lowest BCUT2D eigenvalue weighted by Gasteiger charge is -2.19. The minimum Gasteiger partial charge on any atom is -0.484 e. The van der Waals surface area contributed by atoms with Gasteiger partial charge in [0.05, 0.1) is 12.5 Å². The van der Waals surface area contributed by atoms with E-state index in [0.717, 1.165) is 0 Å². The van der Waals surface area contributed by atoms with E-state index in [1.807, 2.05) is 30.3 Å². The highest BCUT2D eigenvalue weighted by Crippen LogP contribution is 2.26. The molecule has 4 N–H and O–H groups in total. The van der Waals surface area contributed by atoms with Crippen molar-refractivity contribution in [3.05, 3.63) is 84.4 Å². The molecule has 0 aliphatic heterocycles. The van der Waals surface area contributed by atoms with Gasteiger partial charge in [-0.1, -0.05) is 30.3 Å². The molecule has 1 atom stereocenters. The summed E-state index contributed by atoms with van der Waals surface area (Å²) in [6.45, 7) is -0.0772. The number of para-hydroxylation sites is 1. The second kappa shape index (κ2) is 12.1. The van der Waals surface area contributed by atoms with Crippen molar-refractivity contribution in [1.29, 1.82) is 0 Å². The number of nitrogens with two attached hydrogens (primary N) is 1. The lowest BCUT2D eigenvalue weighted by Crippen LogP contribution is -2.35.